The molecule has 0 radical (unpaired) electrons. The summed E-state index contributed by atoms with van der Waals surface area (Å²) in [6.07, 6.45) is -2.72. The highest BCUT2D eigenvalue weighted by Gasteiger charge is 2.41. The highest BCUT2D eigenvalue weighted by molar-refractivity contribution is 6.29. The van der Waals surface area contributed by atoms with Crippen molar-refractivity contribution in [1.82, 2.24) is 4.98 Å². The predicted octanol–water partition coefficient (Wildman–Crippen LogP) is 2.94. The molecule has 0 aliphatic heterocycles. The number of anilines is 1. The fourth-order valence-corrected chi connectivity index (χ4v) is 1.81. The number of hydrogen-bond acceptors (Lipinski definition) is 3. The molecular weight excluding hydrogens is 269 g/mol. The van der Waals surface area contributed by atoms with Crippen LogP contribution >= 0.6 is 11.6 Å². The molecule has 2 N–H and O–H groups in total. The SMILES string of the molecule is OCC1(CNc2cc(C(F)(F)F)cc(Cl)n2)CC1. The van der Waals surface area contributed by atoms with E-state index in [0.29, 0.717) is 6.54 Å². The van der Waals surface area contributed by atoms with Crippen LogP contribution in [0.3, 0.4) is 0 Å². The van der Waals surface area contributed by atoms with Gasteiger partial charge in [-0.3, -0.25) is 0 Å². The topological polar surface area (TPSA) is 45.1 Å². The van der Waals surface area contributed by atoms with Crippen molar-refractivity contribution in [3.8, 4) is 0 Å². The van der Waals surface area contributed by atoms with Crippen LogP contribution in [0.4, 0.5) is 19.0 Å². The Kier molecular flexibility index (Phi) is 3.42. The molecular formula is C11H12ClF3N2O. The zero-order valence-electron chi connectivity index (χ0n) is 9.39. The molecule has 18 heavy (non-hydrogen) atoms. The first-order valence-corrected chi connectivity index (χ1v) is 5.82. The Hall–Kier alpha value is -1.01. The van der Waals surface area contributed by atoms with Crippen molar-refractivity contribution in [2.45, 2.75) is 19.0 Å². The standard InChI is InChI=1S/C11H12ClF3N2O/c12-8-3-7(11(13,14)15)4-9(17-8)16-5-10(6-18)1-2-10/h3-4,18H,1-2,5-6H2,(H,16,17). The largest absolute Gasteiger partial charge is 0.416 e. The Morgan fingerprint density at radius 3 is 2.56 bits per heavy atom. The Morgan fingerprint density at radius 1 is 1.39 bits per heavy atom. The summed E-state index contributed by atoms with van der Waals surface area (Å²) in [5, 5.41) is 11.7. The molecule has 2 rings (SSSR count). The van der Waals surface area contributed by atoms with Gasteiger partial charge in [0.15, 0.2) is 0 Å². The van der Waals surface area contributed by atoms with Crippen molar-refractivity contribution in [1.29, 1.82) is 0 Å². The number of rotatable bonds is 4. The van der Waals surface area contributed by atoms with Crippen LogP contribution in [0.1, 0.15) is 18.4 Å². The summed E-state index contributed by atoms with van der Waals surface area (Å²) in [6, 6.07) is 1.70. The lowest BCUT2D eigenvalue weighted by Gasteiger charge is -2.14. The smallest absolute Gasteiger partial charge is 0.396 e. The maximum atomic E-state index is 12.5. The first-order valence-electron chi connectivity index (χ1n) is 5.44. The summed E-state index contributed by atoms with van der Waals surface area (Å²) in [7, 11) is 0. The minimum atomic E-state index is -4.45. The van der Waals surface area contributed by atoms with Crippen molar-refractivity contribution < 1.29 is 18.3 Å². The second-order valence-corrected chi connectivity index (χ2v) is 4.96. The average Bonchev–Trinajstić information content (AvgIpc) is 3.05. The Morgan fingerprint density at radius 2 is 2.06 bits per heavy atom. The molecule has 1 aliphatic carbocycles. The lowest BCUT2D eigenvalue weighted by Crippen LogP contribution is -2.20. The molecule has 0 saturated heterocycles. The van der Waals surface area contributed by atoms with Crippen LogP contribution < -0.4 is 5.32 Å². The van der Waals surface area contributed by atoms with E-state index in [1.807, 2.05) is 0 Å². The Labute approximate surface area is 107 Å². The van der Waals surface area contributed by atoms with Crippen LogP contribution in [0.15, 0.2) is 12.1 Å². The van der Waals surface area contributed by atoms with Crippen LogP contribution in [-0.4, -0.2) is 23.2 Å². The van der Waals surface area contributed by atoms with E-state index in [4.69, 9.17) is 16.7 Å². The zero-order valence-corrected chi connectivity index (χ0v) is 10.1. The quantitative estimate of drug-likeness (QED) is 0.834. The van der Waals surface area contributed by atoms with Gasteiger partial charge in [-0.2, -0.15) is 13.2 Å². The third kappa shape index (κ3) is 3.05. The second-order valence-electron chi connectivity index (χ2n) is 4.57. The third-order valence-corrected chi connectivity index (χ3v) is 3.25. The molecule has 1 heterocycles. The summed E-state index contributed by atoms with van der Waals surface area (Å²) in [5.41, 5.74) is -1.04. The molecule has 0 atom stereocenters. The fraction of sp³-hybridized carbons (Fsp3) is 0.545. The number of aliphatic hydroxyl groups is 1. The predicted molar refractivity (Wildman–Crippen MR) is 61.5 cm³/mol. The van der Waals surface area contributed by atoms with Crippen molar-refractivity contribution in [3.63, 3.8) is 0 Å². The molecule has 1 fully saturated rings. The van der Waals surface area contributed by atoms with E-state index < -0.39 is 11.7 Å². The van der Waals surface area contributed by atoms with Crippen LogP contribution in [0.5, 0.6) is 0 Å². The van der Waals surface area contributed by atoms with Crippen LogP contribution in [0, 0.1) is 5.41 Å². The summed E-state index contributed by atoms with van der Waals surface area (Å²) in [6.45, 7) is 0.417. The van der Waals surface area contributed by atoms with E-state index in [0.717, 1.165) is 25.0 Å². The molecule has 0 spiro atoms. The zero-order chi connectivity index (χ0) is 13.4. The van der Waals surface area contributed by atoms with Gasteiger partial charge >= 0.3 is 6.18 Å². The number of pyridine rings is 1. The van der Waals surface area contributed by atoms with E-state index in [1.165, 1.54) is 0 Å². The van der Waals surface area contributed by atoms with Gasteiger partial charge in [0.25, 0.3) is 0 Å². The number of nitrogens with one attached hydrogen (secondary N) is 1. The lowest BCUT2D eigenvalue weighted by molar-refractivity contribution is -0.137. The number of alkyl halides is 3. The minimum Gasteiger partial charge on any atom is -0.396 e. The maximum Gasteiger partial charge on any atom is 0.416 e. The highest BCUT2D eigenvalue weighted by atomic mass is 35.5. The Bertz CT molecular complexity index is 446. The third-order valence-electron chi connectivity index (χ3n) is 3.06. The van der Waals surface area contributed by atoms with Crippen LogP contribution in [0.2, 0.25) is 5.15 Å². The van der Waals surface area contributed by atoms with Gasteiger partial charge in [-0.25, -0.2) is 4.98 Å². The van der Waals surface area contributed by atoms with E-state index in [-0.39, 0.29) is 23.0 Å². The van der Waals surface area contributed by atoms with Crippen LogP contribution in [0.25, 0.3) is 0 Å². The number of aromatic nitrogens is 1. The van der Waals surface area contributed by atoms with E-state index >= 15 is 0 Å². The molecule has 3 nitrogen and oxygen atoms in total. The van der Waals surface area contributed by atoms with Crippen molar-refractivity contribution in [3.05, 3.63) is 22.8 Å². The Balaban J connectivity index is 2.11. The highest BCUT2D eigenvalue weighted by Crippen LogP contribution is 2.45. The van der Waals surface area contributed by atoms with Crippen molar-refractivity contribution in [2.75, 3.05) is 18.5 Å². The number of aliphatic hydroxyl groups excluding tert-OH is 1. The van der Waals surface area contributed by atoms with Gasteiger partial charge in [0.1, 0.15) is 11.0 Å². The van der Waals surface area contributed by atoms with Gasteiger partial charge in [0.05, 0.1) is 12.2 Å². The average molecular weight is 281 g/mol. The molecule has 0 bridgehead atoms. The molecule has 1 aliphatic rings. The molecule has 7 heteroatoms. The fourth-order valence-electron chi connectivity index (χ4n) is 1.60. The molecule has 0 aromatic carbocycles. The van der Waals surface area contributed by atoms with Crippen molar-refractivity contribution >= 4 is 17.4 Å². The summed E-state index contributed by atoms with van der Waals surface area (Å²) in [4.78, 5) is 3.79. The first-order chi connectivity index (χ1) is 8.35. The maximum absolute atomic E-state index is 12.5. The monoisotopic (exact) mass is 280 g/mol. The molecule has 0 amide bonds. The van der Waals surface area contributed by atoms with Crippen LogP contribution in [-0.2, 0) is 6.18 Å². The molecule has 1 saturated carbocycles. The summed E-state index contributed by atoms with van der Waals surface area (Å²) < 4.78 is 37.6. The lowest BCUT2D eigenvalue weighted by atomic mass is 10.1. The first kappa shape index (κ1) is 13.4. The summed E-state index contributed by atoms with van der Waals surface area (Å²) in [5.74, 6) is 0.0783. The van der Waals surface area contributed by atoms with Crippen molar-refractivity contribution in [2.24, 2.45) is 5.41 Å². The number of nitrogens with zero attached hydrogens (tertiary/aromatic N) is 1. The van der Waals surface area contributed by atoms with Gasteiger partial charge in [0.2, 0.25) is 0 Å². The molecule has 0 unspecified atom stereocenters. The van der Waals surface area contributed by atoms with Gasteiger partial charge in [-0.15, -0.1) is 0 Å². The van der Waals surface area contributed by atoms with Gasteiger partial charge < -0.3 is 10.4 Å². The van der Waals surface area contributed by atoms with E-state index in [9.17, 15) is 13.2 Å². The van der Waals surface area contributed by atoms with E-state index in [1.54, 1.807) is 0 Å². The normalized spacial score (nSPS) is 17.6. The second kappa shape index (κ2) is 4.59. The molecule has 100 valence electrons. The molecule has 1 aromatic rings. The van der Waals surface area contributed by atoms with Gasteiger partial charge in [0, 0.05) is 12.0 Å². The van der Waals surface area contributed by atoms with Gasteiger partial charge in [-0.1, -0.05) is 11.6 Å². The van der Waals surface area contributed by atoms with Gasteiger partial charge in [-0.05, 0) is 25.0 Å². The number of halogens is 4. The number of hydrogen-bond donors (Lipinski definition) is 2. The molecule has 1 aromatic heterocycles. The minimum absolute atomic E-state index is 0.0205. The summed E-state index contributed by atoms with van der Waals surface area (Å²) >= 11 is 5.56. The van der Waals surface area contributed by atoms with E-state index in [2.05, 4.69) is 10.3 Å².